The second-order valence-electron chi connectivity index (χ2n) is 6.07. The van der Waals surface area contributed by atoms with E-state index in [0.29, 0.717) is 13.1 Å². The predicted molar refractivity (Wildman–Crippen MR) is 91.2 cm³/mol. The van der Waals surface area contributed by atoms with Crippen LogP contribution in [0, 0.1) is 0 Å². The van der Waals surface area contributed by atoms with Crippen LogP contribution in [0.2, 0.25) is 0 Å². The van der Waals surface area contributed by atoms with Gasteiger partial charge in [-0.25, -0.2) is 0 Å². The highest BCUT2D eigenvalue weighted by atomic mass is 35.5. The predicted octanol–water partition coefficient (Wildman–Crippen LogP) is 1.69. The fourth-order valence-electron chi connectivity index (χ4n) is 2.33. The van der Waals surface area contributed by atoms with Crippen molar-refractivity contribution in [1.29, 1.82) is 0 Å². The molecule has 0 unspecified atom stereocenters. The maximum Gasteiger partial charge on any atom is 0.223 e. The van der Waals surface area contributed by atoms with Crippen molar-refractivity contribution in [3.8, 4) is 0 Å². The molecule has 0 radical (unpaired) electrons. The summed E-state index contributed by atoms with van der Waals surface area (Å²) in [5.41, 5.74) is 6.40. The highest BCUT2D eigenvalue weighted by Gasteiger charge is 2.23. The number of nitrogens with two attached hydrogens (primary N) is 1. The number of thiophene rings is 1. The molecule has 0 saturated carbocycles. The highest BCUT2D eigenvalue weighted by molar-refractivity contribution is 7.10. The molecule has 22 heavy (non-hydrogen) atoms. The van der Waals surface area contributed by atoms with Crippen LogP contribution in [-0.2, 0) is 22.6 Å². The van der Waals surface area contributed by atoms with Gasteiger partial charge in [0.1, 0.15) is 0 Å². The zero-order chi connectivity index (χ0) is 15.5. The van der Waals surface area contributed by atoms with Crippen molar-refractivity contribution in [3.05, 3.63) is 21.9 Å². The SMILES string of the molecule is CC(C)(CN)NC(=O)CCC(=O)N1CCc2sccc2C1.Cl. The van der Waals surface area contributed by atoms with Crippen molar-refractivity contribution in [3.63, 3.8) is 0 Å². The van der Waals surface area contributed by atoms with Crippen LogP contribution in [0.15, 0.2) is 11.4 Å². The van der Waals surface area contributed by atoms with Gasteiger partial charge >= 0.3 is 0 Å². The number of halogens is 1. The highest BCUT2D eigenvalue weighted by Crippen LogP contribution is 2.24. The minimum Gasteiger partial charge on any atom is -0.350 e. The van der Waals surface area contributed by atoms with E-state index in [-0.39, 0.29) is 37.1 Å². The lowest BCUT2D eigenvalue weighted by atomic mass is 10.1. The first-order valence-electron chi connectivity index (χ1n) is 7.25. The van der Waals surface area contributed by atoms with E-state index in [0.717, 1.165) is 13.0 Å². The van der Waals surface area contributed by atoms with Crippen molar-refractivity contribution in [1.82, 2.24) is 10.2 Å². The monoisotopic (exact) mass is 345 g/mol. The van der Waals surface area contributed by atoms with Gasteiger partial charge in [-0.2, -0.15) is 0 Å². The van der Waals surface area contributed by atoms with Gasteiger partial charge in [0.15, 0.2) is 0 Å². The second-order valence-corrected chi connectivity index (χ2v) is 7.07. The summed E-state index contributed by atoms with van der Waals surface area (Å²) in [5.74, 6) is -0.0698. The Bertz CT molecular complexity index is 531. The number of hydrogen-bond donors (Lipinski definition) is 2. The Balaban J connectivity index is 0.00000242. The number of carbonyl (C=O) groups is 2. The lowest BCUT2D eigenvalue weighted by Gasteiger charge is -2.27. The Morgan fingerprint density at radius 3 is 2.82 bits per heavy atom. The number of amides is 2. The van der Waals surface area contributed by atoms with Crippen LogP contribution in [0.3, 0.4) is 0 Å². The number of nitrogens with zero attached hydrogens (tertiary/aromatic N) is 1. The van der Waals surface area contributed by atoms with Crippen molar-refractivity contribution < 1.29 is 9.59 Å². The fourth-order valence-corrected chi connectivity index (χ4v) is 3.22. The van der Waals surface area contributed by atoms with Gasteiger partial charge in [0, 0.05) is 42.9 Å². The molecule has 3 N–H and O–H groups in total. The van der Waals surface area contributed by atoms with Crippen LogP contribution in [0.1, 0.15) is 37.1 Å². The van der Waals surface area contributed by atoms with E-state index in [1.54, 1.807) is 11.3 Å². The average molecular weight is 346 g/mol. The minimum absolute atomic E-state index is 0. The van der Waals surface area contributed by atoms with Gasteiger partial charge in [-0.15, -0.1) is 23.7 Å². The number of rotatable bonds is 5. The van der Waals surface area contributed by atoms with E-state index in [4.69, 9.17) is 5.73 Å². The van der Waals surface area contributed by atoms with Crippen molar-refractivity contribution in [2.75, 3.05) is 13.1 Å². The molecule has 2 heterocycles. The van der Waals surface area contributed by atoms with E-state index < -0.39 is 5.54 Å². The summed E-state index contributed by atoms with van der Waals surface area (Å²) in [7, 11) is 0. The summed E-state index contributed by atoms with van der Waals surface area (Å²) >= 11 is 1.75. The van der Waals surface area contributed by atoms with Gasteiger partial charge in [-0.3, -0.25) is 9.59 Å². The Morgan fingerprint density at radius 1 is 1.41 bits per heavy atom. The first kappa shape index (κ1) is 18.9. The summed E-state index contributed by atoms with van der Waals surface area (Å²) in [5, 5.41) is 4.91. The molecule has 2 rings (SSSR count). The largest absolute Gasteiger partial charge is 0.350 e. The molecule has 7 heteroatoms. The maximum absolute atomic E-state index is 12.2. The van der Waals surface area contributed by atoms with Crippen molar-refractivity contribution in [2.45, 2.75) is 45.2 Å². The molecule has 1 aliphatic rings. The third kappa shape index (κ3) is 4.97. The number of hydrogen-bond acceptors (Lipinski definition) is 4. The zero-order valence-electron chi connectivity index (χ0n) is 13.1. The van der Waals surface area contributed by atoms with Crippen LogP contribution >= 0.6 is 23.7 Å². The van der Waals surface area contributed by atoms with E-state index in [1.807, 2.05) is 18.7 Å². The first-order valence-corrected chi connectivity index (χ1v) is 8.13. The molecule has 5 nitrogen and oxygen atoms in total. The molecular weight excluding hydrogens is 322 g/mol. The smallest absolute Gasteiger partial charge is 0.223 e. The van der Waals surface area contributed by atoms with Crippen LogP contribution in [0.25, 0.3) is 0 Å². The zero-order valence-corrected chi connectivity index (χ0v) is 14.7. The molecule has 1 aromatic heterocycles. The molecule has 1 aliphatic heterocycles. The van der Waals surface area contributed by atoms with Gasteiger partial charge < -0.3 is 16.0 Å². The standard InChI is InChI=1S/C15H23N3O2S.ClH/c1-15(2,10-16)17-13(19)3-4-14(20)18-7-5-12-11(9-18)6-8-21-12;/h6,8H,3-5,7,9-10,16H2,1-2H3,(H,17,19);1H. The average Bonchev–Trinajstić information content (AvgIpc) is 2.91. The lowest BCUT2D eigenvalue weighted by molar-refractivity contribution is -0.134. The van der Waals surface area contributed by atoms with E-state index in [1.165, 1.54) is 10.4 Å². The normalized spacial score (nSPS) is 14.0. The quantitative estimate of drug-likeness (QED) is 0.852. The number of fused-ring (bicyclic) bond motifs is 1. The summed E-state index contributed by atoms with van der Waals surface area (Å²) in [6.45, 7) is 5.54. The molecule has 0 spiro atoms. The first-order chi connectivity index (χ1) is 9.91. The van der Waals surface area contributed by atoms with E-state index in [2.05, 4.69) is 16.8 Å². The van der Waals surface area contributed by atoms with Crippen LogP contribution in [-0.4, -0.2) is 35.3 Å². The molecule has 0 aliphatic carbocycles. The summed E-state index contributed by atoms with van der Waals surface area (Å²) < 4.78 is 0. The summed E-state index contributed by atoms with van der Waals surface area (Å²) in [6, 6.07) is 2.08. The van der Waals surface area contributed by atoms with Crippen LogP contribution in [0.5, 0.6) is 0 Å². The van der Waals surface area contributed by atoms with Crippen molar-refractivity contribution >= 4 is 35.6 Å². The molecule has 1 aromatic rings. The second kappa shape index (κ2) is 7.94. The van der Waals surface area contributed by atoms with Gasteiger partial charge in [0.25, 0.3) is 0 Å². The van der Waals surface area contributed by atoms with Gasteiger partial charge in [0.05, 0.1) is 0 Å². The molecule has 0 saturated heterocycles. The lowest BCUT2D eigenvalue weighted by Crippen LogP contribution is -2.49. The molecular formula is C15H24ClN3O2S. The molecule has 0 aromatic carbocycles. The summed E-state index contributed by atoms with van der Waals surface area (Å²) in [6.07, 6.45) is 1.40. The van der Waals surface area contributed by atoms with E-state index >= 15 is 0 Å². The van der Waals surface area contributed by atoms with Gasteiger partial charge in [0.2, 0.25) is 11.8 Å². The van der Waals surface area contributed by atoms with E-state index in [9.17, 15) is 9.59 Å². The molecule has 2 amide bonds. The molecule has 0 fully saturated rings. The molecule has 0 atom stereocenters. The van der Waals surface area contributed by atoms with Crippen molar-refractivity contribution in [2.24, 2.45) is 5.73 Å². The van der Waals surface area contributed by atoms with Crippen LogP contribution in [0.4, 0.5) is 0 Å². The summed E-state index contributed by atoms with van der Waals surface area (Å²) in [4.78, 5) is 27.2. The Kier molecular flexibility index (Phi) is 6.84. The van der Waals surface area contributed by atoms with Gasteiger partial charge in [-0.1, -0.05) is 0 Å². The fraction of sp³-hybridized carbons (Fsp3) is 0.600. The molecule has 0 bridgehead atoms. The Morgan fingerprint density at radius 2 is 2.14 bits per heavy atom. The van der Waals surface area contributed by atoms with Gasteiger partial charge in [-0.05, 0) is 37.3 Å². The Labute approximate surface area is 141 Å². The topological polar surface area (TPSA) is 75.4 Å². The maximum atomic E-state index is 12.2. The number of nitrogens with one attached hydrogen (secondary N) is 1. The number of carbonyl (C=O) groups excluding carboxylic acids is 2. The Hall–Kier alpha value is -1.11. The third-order valence-electron chi connectivity index (χ3n) is 3.71. The van der Waals surface area contributed by atoms with Crippen LogP contribution < -0.4 is 11.1 Å². The minimum atomic E-state index is -0.420. The molecule has 124 valence electrons. The third-order valence-corrected chi connectivity index (χ3v) is 4.74.